The van der Waals surface area contributed by atoms with Crippen molar-refractivity contribution in [1.29, 1.82) is 0 Å². The van der Waals surface area contributed by atoms with E-state index in [1.54, 1.807) is 35.2 Å². The second-order valence-electron chi connectivity index (χ2n) is 8.06. The molecule has 0 fully saturated rings. The van der Waals surface area contributed by atoms with Crippen molar-refractivity contribution in [2.45, 2.75) is 45.3 Å². The lowest BCUT2D eigenvalue weighted by Gasteiger charge is -2.31. The maximum absolute atomic E-state index is 13.5. The molecule has 3 rings (SSSR count). The van der Waals surface area contributed by atoms with Crippen molar-refractivity contribution in [2.75, 3.05) is 0 Å². The Kier molecular flexibility index (Phi) is 9.49. The zero-order valence-electron chi connectivity index (χ0n) is 18.9. The summed E-state index contributed by atoms with van der Waals surface area (Å²) in [6, 6.07) is 19.9. The predicted molar refractivity (Wildman–Crippen MR) is 134 cm³/mol. The van der Waals surface area contributed by atoms with E-state index in [9.17, 15) is 14.0 Å². The topological polar surface area (TPSA) is 49.4 Å². The predicted octanol–water partition coefficient (Wildman–Crippen LogP) is 6.19. The molecule has 3 aromatic rings. The van der Waals surface area contributed by atoms with E-state index >= 15 is 0 Å². The van der Waals surface area contributed by atoms with Gasteiger partial charge in [0.15, 0.2) is 0 Å². The Labute approximate surface area is 209 Å². The molecule has 1 atom stereocenters. The summed E-state index contributed by atoms with van der Waals surface area (Å²) >= 11 is 12.2. The Balaban J connectivity index is 1.88. The van der Waals surface area contributed by atoms with Gasteiger partial charge in [-0.2, -0.15) is 0 Å². The van der Waals surface area contributed by atoms with Gasteiger partial charge in [0.25, 0.3) is 0 Å². The standard InChI is InChI=1S/C27H27Cl2FN2O2/c1-2-6-26(33)32(18-20-9-13-23(30)14-10-20)25(15-19-7-4-3-5-8-19)27(34)31-17-21-11-12-22(28)16-24(21)29/h3-5,7-14,16,25H,2,6,15,17-18H2,1H3,(H,31,34)/t25-/m1/s1. The number of nitrogens with one attached hydrogen (secondary N) is 1. The number of amides is 2. The van der Waals surface area contributed by atoms with Crippen LogP contribution < -0.4 is 5.32 Å². The summed E-state index contributed by atoms with van der Waals surface area (Å²) in [5.41, 5.74) is 2.40. The summed E-state index contributed by atoms with van der Waals surface area (Å²) in [6.07, 6.45) is 1.30. The summed E-state index contributed by atoms with van der Waals surface area (Å²) < 4.78 is 13.4. The second-order valence-corrected chi connectivity index (χ2v) is 8.90. The van der Waals surface area contributed by atoms with E-state index in [4.69, 9.17) is 23.2 Å². The third-order valence-electron chi connectivity index (χ3n) is 5.47. The highest BCUT2D eigenvalue weighted by atomic mass is 35.5. The first kappa shape index (κ1) is 25.7. The Morgan fingerprint density at radius 2 is 1.68 bits per heavy atom. The summed E-state index contributed by atoms with van der Waals surface area (Å²) in [4.78, 5) is 28.2. The number of hydrogen-bond acceptors (Lipinski definition) is 2. The van der Waals surface area contributed by atoms with E-state index in [2.05, 4.69) is 5.32 Å². The molecule has 0 aliphatic carbocycles. The highest BCUT2D eigenvalue weighted by molar-refractivity contribution is 6.35. The Bertz CT molecular complexity index is 1110. The first-order valence-electron chi connectivity index (χ1n) is 11.2. The number of halogens is 3. The van der Waals surface area contributed by atoms with Crippen LogP contribution in [0.15, 0.2) is 72.8 Å². The number of nitrogens with zero attached hydrogens (tertiary/aromatic N) is 1. The minimum Gasteiger partial charge on any atom is -0.350 e. The van der Waals surface area contributed by atoms with Crippen molar-refractivity contribution < 1.29 is 14.0 Å². The highest BCUT2D eigenvalue weighted by Gasteiger charge is 2.30. The summed E-state index contributed by atoms with van der Waals surface area (Å²) in [5, 5.41) is 3.90. The molecule has 4 nitrogen and oxygen atoms in total. The average molecular weight is 501 g/mol. The van der Waals surface area contributed by atoms with E-state index < -0.39 is 6.04 Å². The minimum atomic E-state index is -0.752. The maximum atomic E-state index is 13.5. The molecule has 3 aromatic carbocycles. The fourth-order valence-electron chi connectivity index (χ4n) is 3.66. The van der Waals surface area contributed by atoms with Crippen LogP contribution in [0.25, 0.3) is 0 Å². The van der Waals surface area contributed by atoms with Gasteiger partial charge in [0.2, 0.25) is 11.8 Å². The molecule has 0 spiro atoms. The van der Waals surface area contributed by atoms with Crippen LogP contribution in [-0.4, -0.2) is 22.8 Å². The van der Waals surface area contributed by atoms with Crippen molar-refractivity contribution in [1.82, 2.24) is 10.2 Å². The third kappa shape index (κ3) is 7.31. The molecule has 34 heavy (non-hydrogen) atoms. The first-order chi connectivity index (χ1) is 16.4. The monoisotopic (exact) mass is 500 g/mol. The summed E-state index contributed by atoms with van der Waals surface area (Å²) in [5.74, 6) is -0.775. The van der Waals surface area contributed by atoms with Gasteiger partial charge in [0.05, 0.1) is 0 Å². The van der Waals surface area contributed by atoms with Gasteiger partial charge < -0.3 is 10.2 Å². The van der Waals surface area contributed by atoms with Crippen molar-refractivity contribution in [3.05, 3.63) is 105 Å². The van der Waals surface area contributed by atoms with Crippen LogP contribution in [0, 0.1) is 5.82 Å². The van der Waals surface area contributed by atoms with Gasteiger partial charge in [-0.15, -0.1) is 0 Å². The van der Waals surface area contributed by atoms with E-state index in [-0.39, 0.29) is 30.7 Å². The molecular formula is C27H27Cl2FN2O2. The normalized spacial score (nSPS) is 11.6. The van der Waals surface area contributed by atoms with E-state index in [1.165, 1.54) is 12.1 Å². The molecule has 0 aliphatic heterocycles. The third-order valence-corrected chi connectivity index (χ3v) is 6.06. The molecule has 0 saturated carbocycles. The molecule has 0 bridgehead atoms. The summed E-state index contributed by atoms with van der Waals surface area (Å²) in [6.45, 7) is 2.32. The zero-order chi connectivity index (χ0) is 24.5. The molecule has 0 heterocycles. The van der Waals surface area contributed by atoms with Crippen molar-refractivity contribution in [3.63, 3.8) is 0 Å². The van der Waals surface area contributed by atoms with Gasteiger partial charge in [0.1, 0.15) is 11.9 Å². The van der Waals surface area contributed by atoms with E-state index in [1.807, 2.05) is 37.3 Å². The zero-order valence-corrected chi connectivity index (χ0v) is 20.5. The number of carbonyl (C=O) groups excluding carboxylic acids is 2. The van der Waals surface area contributed by atoms with Gasteiger partial charge >= 0.3 is 0 Å². The van der Waals surface area contributed by atoms with Crippen LogP contribution in [0.3, 0.4) is 0 Å². The SMILES string of the molecule is CCCC(=O)N(Cc1ccc(F)cc1)[C@H](Cc1ccccc1)C(=O)NCc1ccc(Cl)cc1Cl. The number of benzene rings is 3. The quantitative estimate of drug-likeness (QED) is 0.360. The van der Waals surface area contributed by atoms with Crippen LogP contribution in [-0.2, 0) is 29.1 Å². The first-order valence-corrected chi connectivity index (χ1v) is 11.9. The van der Waals surface area contributed by atoms with Crippen LogP contribution in [0.4, 0.5) is 4.39 Å². The van der Waals surface area contributed by atoms with Gasteiger partial charge in [-0.3, -0.25) is 9.59 Å². The molecule has 0 aliphatic rings. The summed E-state index contributed by atoms with van der Waals surface area (Å²) in [7, 11) is 0. The second kappa shape index (κ2) is 12.5. The average Bonchev–Trinajstić information content (AvgIpc) is 2.82. The molecule has 0 aromatic heterocycles. The van der Waals surface area contributed by atoms with Crippen molar-refractivity contribution in [2.24, 2.45) is 0 Å². The number of carbonyl (C=O) groups is 2. The van der Waals surface area contributed by atoms with Crippen LogP contribution in [0.5, 0.6) is 0 Å². The van der Waals surface area contributed by atoms with Gasteiger partial charge in [-0.1, -0.05) is 78.7 Å². The maximum Gasteiger partial charge on any atom is 0.243 e. The van der Waals surface area contributed by atoms with Crippen molar-refractivity contribution >= 4 is 35.0 Å². The lowest BCUT2D eigenvalue weighted by atomic mass is 10.0. The molecule has 0 saturated heterocycles. The lowest BCUT2D eigenvalue weighted by molar-refractivity contribution is -0.141. The Hall–Kier alpha value is -2.89. The van der Waals surface area contributed by atoms with Crippen LogP contribution in [0.1, 0.15) is 36.5 Å². The van der Waals surface area contributed by atoms with Gasteiger partial charge in [-0.05, 0) is 47.4 Å². The number of hydrogen-bond donors (Lipinski definition) is 1. The fourth-order valence-corrected chi connectivity index (χ4v) is 4.14. The van der Waals surface area contributed by atoms with Crippen molar-refractivity contribution in [3.8, 4) is 0 Å². The molecule has 1 N–H and O–H groups in total. The van der Waals surface area contributed by atoms with E-state index in [0.717, 1.165) is 16.7 Å². The van der Waals surface area contributed by atoms with E-state index in [0.29, 0.717) is 29.3 Å². The number of rotatable bonds is 10. The van der Waals surface area contributed by atoms with Crippen LogP contribution in [0.2, 0.25) is 10.0 Å². The molecule has 0 unspecified atom stereocenters. The van der Waals surface area contributed by atoms with Gasteiger partial charge in [0, 0.05) is 36.0 Å². The van der Waals surface area contributed by atoms with Gasteiger partial charge in [-0.25, -0.2) is 4.39 Å². The largest absolute Gasteiger partial charge is 0.350 e. The Morgan fingerprint density at radius 3 is 2.32 bits per heavy atom. The molecule has 2 amide bonds. The highest BCUT2D eigenvalue weighted by Crippen LogP contribution is 2.21. The molecule has 178 valence electrons. The molecule has 7 heteroatoms. The smallest absolute Gasteiger partial charge is 0.243 e. The Morgan fingerprint density at radius 1 is 0.971 bits per heavy atom. The fraction of sp³-hybridized carbons (Fsp3) is 0.259. The molecular weight excluding hydrogens is 474 g/mol. The lowest BCUT2D eigenvalue weighted by Crippen LogP contribution is -2.50. The molecule has 0 radical (unpaired) electrons. The minimum absolute atomic E-state index is 0.132. The van der Waals surface area contributed by atoms with Crippen LogP contribution >= 0.6 is 23.2 Å².